The van der Waals surface area contributed by atoms with Gasteiger partial charge >= 0.3 is 5.97 Å². The monoisotopic (exact) mass is 274 g/mol. The summed E-state index contributed by atoms with van der Waals surface area (Å²) in [6, 6.07) is 7.65. The number of benzene rings is 1. The van der Waals surface area contributed by atoms with Crippen molar-refractivity contribution in [2.45, 2.75) is 51.9 Å². The van der Waals surface area contributed by atoms with Gasteiger partial charge in [-0.05, 0) is 44.1 Å². The van der Waals surface area contributed by atoms with Crippen LogP contribution >= 0.6 is 0 Å². The average molecular weight is 274 g/mol. The molecule has 0 saturated heterocycles. The molecule has 0 aromatic heterocycles. The van der Waals surface area contributed by atoms with Gasteiger partial charge in [-0.1, -0.05) is 37.6 Å². The van der Waals surface area contributed by atoms with Crippen molar-refractivity contribution in [2.75, 3.05) is 0 Å². The maximum Gasteiger partial charge on any atom is 0.309 e. The molecule has 1 aromatic rings. The fraction of sp³-hybridized carbons (Fsp3) is 0.529. The predicted molar refractivity (Wildman–Crippen MR) is 78.0 cm³/mol. The van der Waals surface area contributed by atoms with Crippen LogP contribution in [-0.4, -0.2) is 16.9 Å². The Labute approximate surface area is 120 Å². The minimum absolute atomic E-state index is 0.0637. The fourth-order valence-electron chi connectivity index (χ4n) is 3.41. The Balaban J connectivity index is 2.15. The number of rotatable bonds is 5. The topological polar surface area (TPSA) is 54.4 Å². The van der Waals surface area contributed by atoms with Gasteiger partial charge in [0.1, 0.15) is 0 Å². The maximum absolute atomic E-state index is 11.6. The number of aliphatic carboxylic acids is 1. The molecule has 0 aliphatic heterocycles. The van der Waals surface area contributed by atoms with Crippen LogP contribution in [0.25, 0.3) is 0 Å². The van der Waals surface area contributed by atoms with Crippen LogP contribution in [0, 0.1) is 5.41 Å². The summed E-state index contributed by atoms with van der Waals surface area (Å²) in [4.78, 5) is 22.9. The molecule has 0 spiro atoms. The van der Waals surface area contributed by atoms with E-state index in [-0.39, 0.29) is 5.78 Å². The molecule has 0 radical (unpaired) electrons. The van der Waals surface area contributed by atoms with Crippen molar-refractivity contribution < 1.29 is 14.7 Å². The standard InChI is InChI=1S/C17H22O3/c1-3-9-17(16(19)20)10-8-15(11-17)14-6-4-13(5-7-14)12(2)18/h4-7,15H,3,8-11H2,1-2H3,(H,19,20)/t15-,17+/m0/s1. The smallest absolute Gasteiger partial charge is 0.309 e. The number of Topliss-reactive ketones (excluding diaryl/α,β-unsaturated/α-hetero) is 1. The van der Waals surface area contributed by atoms with Crippen molar-refractivity contribution in [2.24, 2.45) is 5.41 Å². The van der Waals surface area contributed by atoms with Gasteiger partial charge in [-0.15, -0.1) is 0 Å². The van der Waals surface area contributed by atoms with E-state index in [1.54, 1.807) is 6.92 Å². The number of hydrogen-bond acceptors (Lipinski definition) is 2. The van der Waals surface area contributed by atoms with Crippen LogP contribution in [0.15, 0.2) is 24.3 Å². The van der Waals surface area contributed by atoms with E-state index < -0.39 is 11.4 Å². The highest BCUT2D eigenvalue weighted by atomic mass is 16.4. The molecule has 3 heteroatoms. The van der Waals surface area contributed by atoms with E-state index in [4.69, 9.17) is 0 Å². The van der Waals surface area contributed by atoms with Crippen molar-refractivity contribution in [3.8, 4) is 0 Å². The van der Waals surface area contributed by atoms with Gasteiger partial charge in [-0.25, -0.2) is 0 Å². The van der Waals surface area contributed by atoms with Gasteiger partial charge in [0.15, 0.2) is 5.78 Å². The van der Waals surface area contributed by atoms with E-state index in [9.17, 15) is 14.7 Å². The van der Waals surface area contributed by atoms with Gasteiger partial charge in [0.25, 0.3) is 0 Å². The lowest BCUT2D eigenvalue weighted by atomic mass is 9.80. The minimum atomic E-state index is -0.651. The second-order valence-electron chi connectivity index (χ2n) is 5.95. The first kappa shape index (κ1) is 14.8. The third-order valence-corrected chi connectivity index (χ3v) is 4.58. The second-order valence-corrected chi connectivity index (χ2v) is 5.95. The summed E-state index contributed by atoms with van der Waals surface area (Å²) in [6.07, 6.45) is 4.06. The fourth-order valence-corrected chi connectivity index (χ4v) is 3.41. The zero-order valence-electron chi connectivity index (χ0n) is 12.2. The summed E-state index contributed by atoms with van der Waals surface area (Å²) in [7, 11) is 0. The average Bonchev–Trinajstić information content (AvgIpc) is 2.85. The Bertz CT molecular complexity index is 503. The molecular formula is C17H22O3. The second kappa shape index (κ2) is 5.78. The van der Waals surface area contributed by atoms with Gasteiger partial charge in [-0.3, -0.25) is 9.59 Å². The molecule has 108 valence electrons. The Hall–Kier alpha value is -1.64. The predicted octanol–water partition coefficient (Wildman–Crippen LogP) is 4.03. The van der Waals surface area contributed by atoms with Crippen molar-refractivity contribution in [3.05, 3.63) is 35.4 Å². The molecule has 1 aromatic carbocycles. The lowest BCUT2D eigenvalue weighted by molar-refractivity contribution is -0.149. The van der Waals surface area contributed by atoms with E-state index in [1.165, 1.54) is 0 Å². The molecule has 1 fully saturated rings. The first-order valence-electron chi connectivity index (χ1n) is 7.33. The maximum atomic E-state index is 11.6. The summed E-state index contributed by atoms with van der Waals surface area (Å²) in [5, 5.41) is 9.53. The van der Waals surface area contributed by atoms with Crippen molar-refractivity contribution in [1.29, 1.82) is 0 Å². The van der Waals surface area contributed by atoms with E-state index in [1.807, 2.05) is 31.2 Å². The number of carboxylic acid groups (broad SMARTS) is 1. The SMILES string of the molecule is CCC[C@@]1(C(=O)O)CC[C@H](c2ccc(C(C)=O)cc2)C1. The molecular weight excluding hydrogens is 252 g/mol. The molecule has 0 bridgehead atoms. The molecule has 0 amide bonds. The Morgan fingerprint density at radius 3 is 2.45 bits per heavy atom. The van der Waals surface area contributed by atoms with E-state index >= 15 is 0 Å². The van der Waals surface area contributed by atoms with Crippen molar-refractivity contribution >= 4 is 11.8 Å². The van der Waals surface area contributed by atoms with Crippen LogP contribution < -0.4 is 0 Å². The summed E-state index contributed by atoms with van der Waals surface area (Å²) in [6.45, 7) is 3.60. The summed E-state index contributed by atoms with van der Waals surface area (Å²) >= 11 is 0. The number of carbonyl (C=O) groups excluding carboxylic acids is 1. The highest BCUT2D eigenvalue weighted by Crippen LogP contribution is 2.49. The van der Waals surface area contributed by atoms with Gasteiger partial charge in [-0.2, -0.15) is 0 Å². The van der Waals surface area contributed by atoms with Crippen LogP contribution in [0.3, 0.4) is 0 Å². The Morgan fingerprint density at radius 2 is 1.95 bits per heavy atom. The van der Waals surface area contributed by atoms with Crippen LogP contribution in [0.2, 0.25) is 0 Å². The first-order chi connectivity index (χ1) is 9.48. The molecule has 1 aliphatic carbocycles. The summed E-state index contributed by atoms with van der Waals surface area (Å²) in [5.74, 6) is -0.283. The van der Waals surface area contributed by atoms with Gasteiger partial charge < -0.3 is 5.11 Å². The van der Waals surface area contributed by atoms with Crippen LogP contribution in [0.4, 0.5) is 0 Å². The van der Waals surface area contributed by atoms with Crippen molar-refractivity contribution in [1.82, 2.24) is 0 Å². The Kier molecular flexibility index (Phi) is 4.26. The zero-order chi connectivity index (χ0) is 14.8. The van der Waals surface area contributed by atoms with E-state index in [0.29, 0.717) is 11.5 Å². The van der Waals surface area contributed by atoms with Gasteiger partial charge in [0.05, 0.1) is 5.41 Å². The van der Waals surface area contributed by atoms with Crippen LogP contribution in [0.5, 0.6) is 0 Å². The largest absolute Gasteiger partial charge is 0.481 e. The molecule has 1 N–H and O–H groups in total. The first-order valence-corrected chi connectivity index (χ1v) is 7.33. The third-order valence-electron chi connectivity index (χ3n) is 4.58. The third kappa shape index (κ3) is 2.77. The molecule has 2 rings (SSSR count). The van der Waals surface area contributed by atoms with Gasteiger partial charge in [0, 0.05) is 5.56 Å². The van der Waals surface area contributed by atoms with E-state index in [0.717, 1.165) is 37.7 Å². The molecule has 1 aliphatic rings. The number of ketones is 1. The molecule has 0 unspecified atom stereocenters. The van der Waals surface area contributed by atoms with E-state index in [2.05, 4.69) is 0 Å². The molecule has 0 heterocycles. The molecule has 3 nitrogen and oxygen atoms in total. The molecule has 1 saturated carbocycles. The normalized spacial score (nSPS) is 25.6. The summed E-state index contributed by atoms with van der Waals surface area (Å²) < 4.78 is 0. The molecule has 2 atom stereocenters. The van der Waals surface area contributed by atoms with Crippen LogP contribution in [-0.2, 0) is 4.79 Å². The Morgan fingerprint density at radius 1 is 1.30 bits per heavy atom. The van der Waals surface area contributed by atoms with Gasteiger partial charge in [0.2, 0.25) is 0 Å². The highest BCUT2D eigenvalue weighted by molar-refractivity contribution is 5.94. The highest BCUT2D eigenvalue weighted by Gasteiger charge is 2.44. The lowest BCUT2D eigenvalue weighted by Crippen LogP contribution is -2.27. The minimum Gasteiger partial charge on any atom is -0.481 e. The van der Waals surface area contributed by atoms with Crippen LogP contribution in [0.1, 0.15) is 67.8 Å². The lowest BCUT2D eigenvalue weighted by Gasteiger charge is -2.23. The number of hydrogen-bond donors (Lipinski definition) is 1. The number of carbonyl (C=O) groups is 2. The zero-order valence-corrected chi connectivity index (χ0v) is 12.2. The quantitative estimate of drug-likeness (QED) is 0.825. The number of carboxylic acids is 1. The summed E-state index contributed by atoms with van der Waals surface area (Å²) in [5.41, 5.74) is 1.33. The van der Waals surface area contributed by atoms with Crippen molar-refractivity contribution in [3.63, 3.8) is 0 Å². The molecule has 20 heavy (non-hydrogen) atoms.